The number of rotatable bonds is 9. The summed E-state index contributed by atoms with van der Waals surface area (Å²) in [4.78, 5) is 21.9. The highest BCUT2D eigenvalue weighted by atomic mass is 35.5. The van der Waals surface area contributed by atoms with Gasteiger partial charge in [-0.1, -0.05) is 29.8 Å². The molecule has 0 radical (unpaired) electrons. The van der Waals surface area contributed by atoms with Gasteiger partial charge in [0.1, 0.15) is 5.76 Å². The summed E-state index contributed by atoms with van der Waals surface area (Å²) in [6.45, 7) is 6.09. The maximum atomic E-state index is 12.6. The van der Waals surface area contributed by atoms with Gasteiger partial charge >= 0.3 is 0 Å². The number of hydrogen-bond acceptors (Lipinski definition) is 5. The molecule has 0 aliphatic carbocycles. The predicted octanol–water partition coefficient (Wildman–Crippen LogP) is 5.16. The van der Waals surface area contributed by atoms with Crippen LogP contribution in [0, 0.1) is 12.8 Å². The minimum Gasteiger partial charge on any atom is -0.441 e. The van der Waals surface area contributed by atoms with E-state index in [2.05, 4.69) is 34.3 Å². The number of halogens is 1. The number of para-hydroxylation sites is 1. The molecule has 0 atom stereocenters. The topological polar surface area (TPSA) is 61.6 Å². The first-order valence-corrected chi connectivity index (χ1v) is 12.4. The molecule has 0 unspecified atom stereocenters. The van der Waals surface area contributed by atoms with Gasteiger partial charge in [0.05, 0.1) is 5.69 Å². The lowest BCUT2D eigenvalue weighted by atomic mass is 9.95. The van der Waals surface area contributed by atoms with Crippen LogP contribution in [0.4, 0.5) is 5.69 Å². The van der Waals surface area contributed by atoms with Gasteiger partial charge in [-0.2, -0.15) is 0 Å². The van der Waals surface area contributed by atoms with Gasteiger partial charge in [0, 0.05) is 48.9 Å². The van der Waals surface area contributed by atoms with Crippen LogP contribution in [0.25, 0.3) is 11.5 Å². The smallest absolute Gasteiger partial charge is 0.226 e. The molecule has 34 heavy (non-hydrogen) atoms. The van der Waals surface area contributed by atoms with Crippen LogP contribution in [0.2, 0.25) is 5.02 Å². The highest BCUT2D eigenvalue weighted by Crippen LogP contribution is 2.25. The van der Waals surface area contributed by atoms with E-state index in [0.717, 1.165) is 62.5 Å². The van der Waals surface area contributed by atoms with E-state index in [0.29, 0.717) is 17.5 Å². The number of carbonyl (C=O) groups excluding carboxylic acids is 1. The Balaban J connectivity index is 1.18. The number of aryl methyl sites for hydroxylation is 1. The molecule has 2 heterocycles. The monoisotopic (exact) mass is 480 g/mol. The lowest BCUT2D eigenvalue weighted by Gasteiger charge is -2.30. The zero-order valence-electron chi connectivity index (χ0n) is 20.0. The van der Waals surface area contributed by atoms with Gasteiger partial charge in [0.25, 0.3) is 0 Å². The molecule has 1 saturated heterocycles. The molecule has 1 amide bonds. The van der Waals surface area contributed by atoms with E-state index in [4.69, 9.17) is 21.0 Å². The van der Waals surface area contributed by atoms with Crippen LogP contribution in [-0.2, 0) is 11.3 Å². The molecule has 2 aromatic carbocycles. The molecule has 0 bridgehead atoms. The first-order chi connectivity index (χ1) is 16.5. The molecule has 4 rings (SSSR count). The maximum absolute atomic E-state index is 12.6. The van der Waals surface area contributed by atoms with E-state index in [1.54, 1.807) is 0 Å². The second-order valence-corrected chi connectivity index (χ2v) is 9.42. The standard InChI is InChI=1S/C27H33ClN4O2/c1-20-25(30-27(34-20)22-9-11-23(28)12-10-22)19-32-17-13-21(14-18-32)26(33)29-15-6-16-31(2)24-7-4-3-5-8-24/h3-5,7-12,21H,6,13-19H2,1-2H3,(H,29,33). The lowest BCUT2D eigenvalue weighted by Crippen LogP contribution is -2.40. The summed E-state index contributed by atoms with van der Waals surface area (Å²) in [5.41, 5.74) is 3.07. The Kier molecular flexibility index (Phi) is 8.25. The van der Waals surface area contributed by atoms with Crippen molar-refractivity contribution in [3.8, 4) is 11.5 Å². The maximum Gasteiger partial charge on any atom is 0.226 e. The van der Waals surface area contributed by atoms with E-state index < -0.39 is 0 Å². The lowest BCUT2D eigenvalue weighted by molar-refractivity contribution is -0.126. The Morgan fingerprint density at radius 2 is 1.85 bits per heavy atom. The summed E-state index contributed by atoms with van der Waals surface area (Å²) in [6, 6.07) is 17.8. The van der Waals surface area contributed by atoms with Crippen LogP contribution >= 0.6 is 11.6 Å². The molecule has 7 heteroatoms. The van der Waals surface area contributed by atoms with Crippen LogP contribution in [-0.4, -0.2) is 49.0 Å². The summed E-state index contributed by atoms with van der Waals surface area (Å²) >= 11 is 5.98. The number of anilines is 1. The Hall–Kier alpha value is -2.83. The molecule has 0 spiro atoms. The number of hydrogen-bond donors (Lipinski definition) is 1. The van der Waals surface area contributed by atoms with Gasteiger partial charge in [0.15, 0.2) is 0 Å². The summed E-state index contributed by atoms with van der Waals surface area (Å²) in [5, 5.41) is 3.83. The Bertz CT molecular complexity index is 1060. The van der Waals surface area contributed by atoms with E-state index in [9.17, 15) is 4.79 Å². The summed E-state index contributed by atoms with van der Waals surface area (Å²) < 4.78 is 5.89. The van der Waals surface area contributed by atoms with Gasteiger partial charge in [0.2, 0.25) is 11.8 Å². The molecular formula is C27H33ClN4O2. The molecule has 3 aromatic rings. The van der Waals surface area contributed by atoms with E-state index in [1.807, 2.05) is 49.4 Å². The van der Waals surface area contributed by atoms with E-state index >= 15 is 0 Å². The second kappa shape index (κ2) is 11.5. The Labute approximate surface area is 206 Å². The predicted molar refractivity (Wildman–Crippen MR) is 137 cm³/mol. The number of aromatic nitrogens is 1. The fourth-order valence-corrected chi connectivity index (χ4v) is 4.47. The fourth-order valence-electron chi connectivity index (χ4n) is 4.34. The normalized spacial score (nSPS) is 14.8. The van der Waals surface area contributed by atoms with Gasteiger partial charge < -0.3 is 14.6 Å². The fraction of sp³-hybridized carbons (Fsp3) is 0.407. The van der Waals surface area contributed by atoms with Crippen molar-refractivity contribution >= 4 is 23.2 Å². The molecule has 1 fully saturated rings. The van der Waals surface area contributed by atoms with Crippen molar-refractivity contribution in [3.05, 3.63) is 71.1 Å². The van der Waals surface area contributed by atoms with E-state index in [-0.39, 0.29) is 11.8 Å². The van der Waals surface area contributed by atoms with Crippen molar-refractivity contribution in [1.29, 1.82) is 0 Å². The zero-order valence-corrected chi connectivity index (χ0v) is 20.7. The number of likely N-dealkylation sites (tertiary alicyclic amines) is 1. The minimum absolute atomic E-state index is 0.0890. The average molecular weight is 481 g/mol. The Morgan fingerprint density at radius 3 is 2.56 bits per heavy atom. The quantitative estimate of drug-likeness (QED) is 0.429. The highest BCUT2D eigenvalue weighted by Gasteiger charge is 2.26. The molecule has 1 N–H and O–H groups in total. The molecule has 180 valence electrons. The number of benzene rings is 2. The molecule has 1 aromatic heterocycles. The average Bonchev–Trinajstić information content (AvgIpc) is 3.23. The highest BCUT2D eigenvalue weighted by molar-refractivity contribution is 6.30. The van der Waals surface area contributed by atoms with Crippen LogP contribution in [0.1, 0.15) is 30.7 Å². The number of piperidine rings is 1. The molecule has 6 nitrogen and oxygen atoms in total. The van der Waals surface area contributed by atoms with Gasteiger partial charge in [-0.25, -0.2) is 4.98 Å². The third-order valence-corrected chi connectivity index (χ3v) is 6.73. The molecular weight excluding hydrogens is 448 g/mol. The first-order valence-electron chi connectivity index (χ1n) is 12.0. The minimum atomic E-state index is 0.0890. The van der Waals surface area contributed by atoms with Crippen molar-refractivity contribution in [2.45, 2.75) is 32.7 Å². The van der Waals surface area contributed by atoms with Crippen molar-refractivity contribution in [2.75, 3.05) is 38.1 Å². The Morgan fingerprint density at radius 1 is 1.15 bits per heavy atom. The third-order valence-electron chi connectivity index (χ3n) is 6.48. The van der Waals surface area contributed by atoms with Gasteiger partial charge in [-0.3, -0.25) is 9.69 Å². The summed E-state index contributed by atoms with van der Waals surface area (Å²) in [6.07, 6.45) is 2.67. The molecule has 1 aliphatic heterocycles. The number of oxazole rings is 1. The zero-order chi connectivity index (χ0) is 23.9. The third kappa shape index (κ3) is 6.39. The van der Waals surface area contributed by atoms with Crippen molar-refractivity contribution in [1.82, 2.24) is 15.2 Å². The van der Waals surface area contributed by atoms with Crippen LogP contribution < -0.4 is 10.2 Å². The molecule has 0 saturated carbocycles. The second-order valence-electron chi connectivity index (χ2n) is 8.98. The van der Waals surface area contributed by atoms with Crippen LogP contribution in [0.3, 0.4) is 0 Å². The largest absolute Gasteiger partial charge is 0.441 e. The van der Waals surface area contributed by atoms with Crippen molar-refractivity contribution in [2.24, 2.45) is 5.92 Å². The number of nitrogens with zero attached hydrogens (tertiary/aromatic N) is 3. The first kappa shape index (κ1) is 24.3. The van der Waals surface area contributed by atoms with Crippen molar-refractivity contribution in [3.63, 3.8) is 0 Å². The summed E-state index contributed by atoms with van der Waals surface area (Å²) in [7, 11) is 2.09. The van der Waals surface area contributed by atoms with Crippen LogP contribution in [0.15, 0.2) is 59.0 Å². The van der Waals surface area contributed by atoms with Gasteiger partial charge in [-0.05, 0) is 75.7 Å². The molecule has 1 aliphatic rings. The number of carbonyl (C=O) groups is 1. The number of amides is 1. The number of nitrogens with one attached hydrogen (secondary N) is 1. The van der Waals surface area contributed by atoms with Gasteiger partial charge in [-0.15, -0.1) is 0 Å². The SMILES string of the molecule is Cc1oc(-c2ccc(Cl)cc2)nc1CN1CCC(C(=O)NCCCN(C)c2ccccc2)CC1. The van der Waals surface area contributed by atoms with Crippen molar-refractivity contribution < 1.29 is 9.21 Å². The van der Waals surface area contributed by atoms with Crippen LogP contribution in [0.5, 0.6) is 0 Å². The summed E-state index contributed by atoms with van der Waals surface area (Å²) in [5.74, 6) is 1.73. The van der Waals surface area contributed by atoms with E-state index in [1.165, 1.54) is 5.69 Å².